The molecule has 0 aliphatic heterocycles. The van der Waals surface area contributed by atoms with Gasteiger partial charge in [-0.3, -0.25) is 0 Å². The molecule has 0 saturated carbocycles. The zero-order chi connectivity index (χ0) is 18.4. The number of aryl methyl sites for hydroxylation is 1. The SMILES string of the molecule is C=CCN(Cc1ccccc1)c1ccc(C)cc1C(=C)c1ccccc1. The van der Waals surface area contributed by atoms with Gasteiger partial charge in [-0.25, -0.2) is 0 Å². The van der Waals surface area contributed by atoms with E-state index >= 15 is 0 Å². The first-order valence-electron chi connectivity index (χ1n) is 8.94. The summed E-state index contributed by atoms with van der Waals surface area (Å²) in [5.41, 5.74) is 7.08. The smallest absolute Gasteiger partial charge is 0.0451 e. The van der Waals surface area contributed by atoms with Crippen LogP contribution in [-0.2, 0) is 6.54 Å². The van der Waals surface area contributed by atoms with Crippen LogP contribution in [0.1, 0.15) is 22.3 Å². The van der Waals surface area contributed by atoms with Crippen LogP contribution < -0.4 is 4.90 Å². The lowest BCUT2D eigenvalue weighted by molar-refractivity contribution is 0.866. The maximum atomic E-state index is 4.39. The molecule has 0 aromatic heterocycles. The van der Waals surface area contributed by atoms with Gasteiger partial charge < -0.3 is 4.90 Å². The topological polar surface area (TPSA) is 3.24 Å². The average molecular weight is 339 g/mol. The lowest BCUT2D eigenvalue weighted by Crippen LogP contribution is -2.23. The van der Waals surface area contributed by atoms with Crippen molar-refractivity contribution in [3.8, 4) is 0 Å². The molecule has 3 aromatic carbocycles. The molecule has 0 aliphatic rings. The molecule has 0 amide bonds. The van der Waals surface area contributed by atoms with Crippen LogP contribution in [0.3, 0.4) is 0 Å². The number of nitrogens with zero attached hydrogens (tertiary/aromatic N) is 1. The van der Waals surface area contributed by atoms with Gasteiger partial charge in [0.1, 0.15) is 0 Å². The third-order valence-corrected chi connectivity index (χ3v) is 4.51. The quantitative estimate of drug-likeness (QED) is 0.460. The van der Waals surface area contributed by atoms with Crippen LogP contribution in [0.15, 0.2) is 98.1 Å². The number of anilines is 1. The van der Waals surface area contributed by atoms with Crippen LogP contribution >= 0.6 is 0 Å². The van der Waals surface area contributed by atoms with Crippen molar-refractivity contribution in [3.63, 3.8) is 0 Å². The minimum Gasteiger partial charge on any atom is -0.363 e. The first-order chi connectivity index (χ1) is 12.7. The molecule has 0 atom stereocenters. The van der Waals surface area contributed by atoms with E-state index in [1.807, 2.05) is 12.1 Å². The number of benzene rings is 3. The Bertz CT molecular complexity index is 879. The lowest BCUT2D eigenvalue weighted by atomic mass is 9.95. The van der Waals surface area contributed by atoms with Crippen molar-refractivity contribution in [1.29, 1.82) is 0 Å². The molecule has 0 fully saturated rings. The Morgan fingerprint density at radius 1 is 0.923 bits per heavy atom. The Kier molecular flexibility index (Phi) is 5.70. The van der Waals surface area contributed by atoms with E-state index in [2.05, 4.69) is 97.8 Å². The molecule has 1 heteroatoms. The Balaban J connectivity index is 2.02. The Morgan fingerprint density at radius 3 is 2.23 bits per heavy atom. The fourth-order valence-electron chi connectivity index (χ4n) is 3.17. The van der Waals surface area contributed by atoms with E-state index in [4.69, 9.17) is 0 Å². The standard InChI is InChI=1S/C25H25N/c1-4-17-26(19-22-11-7-5-8-12-22)25-16-15-20(2)18-24(25)21(3)23-13-9-6-10-14-23/h4-16,18H,1,3,17,19H2,2H3. The summed E-state index contributed by atoms with van der Waals surface area (Å²) >= 11 is 0. The molecular formula is C25H25N. The summed E-state index contributed by atoms with van der Waals surface area (Å²) in [6.45, 7) is 12.1. The summed E-state index contributed by atoms with van der Waals surface area (Å²) in [6, 6.07) is 27.5. The van der Waals surface area contributed by atoms with Crippen molar-refractivity contribution in [3.05, 3.63) is 120 Å². The highest BCUT2D eigenvalue weighted by Gasteiger charge is 2.14. The first-order valence-corrected chi connectivity index (χ1v) is 8.94. The second kappa shape index (κ2) is 8.35. The lowest BCUT2D eigenvalue weighted by Gasteiger charge is -2.27. The van der Waals surface area contributed by atoms with Crippen LogP contribution in [0, 0.1) is 6.92 Å². The highest BCUT2D eigenvalue weighted by atomic mass is 15.1. The number of hydrogen-bond acceptors (Lipinski definition) is 1. The van der Waals surface area contributed by atoms with Gasteiger partial charge in [-0.1, -0.05) is 84.9 Å². The summed E-state index contributed by atoms with van der Waals surface area (Å²) < 4.78 is 0. The van der Waals surface area contributed by atoms with Gasteiger partial charge in [-0.05, 0) is 35.8 Å². The molecule has 1 nitrogen and oxygen atoms in total. The van der Waals surface area contributed by atoms with E-state index in [1.165, 1.54) is 22.4 Å². The molecule has 0 aliphatic carbocycles. The zero-order valence-electron chi connectivity index (χ0n) is 15.4. The average Bonchev–Trinajstić information content (AvgIpc) is 2.68. The zero-order valence-corrected chi connectivity index (χ0v) is 15.4. The molecule has 0 heterocycles. The third-order valence-electron chi connectivity index (χ3n) is 4.51. The van der Waals surface area contributed by atoms with Gasteiger partial charge in [0.25, 0.3) is 0 Å². The molecule has 26 heavy (non-hydrogen) atoms. The number of hydrogen-bond donors (Lipinski definition) is 0. The second-order valence-corrected chi connectivity index (χ2v) is 6.52. The van der Waals surface area contributed by atoms with Gasteiger partial charge in [0, 0.05) is 24.3 Å². The van der Waals surface area contributed by atoms with Crippen molar-refractivity contribution in [2.45, 2.75) is 13.5 Å². The van der Waals surface area contributed by atoms with Crippen LogP contribution in [0.4, 0.5) is 5.69 Å². The van der Waals surface area contributed by atoms with E-state index < -0.39 is 0 Å². The van der Waals surface area contributed by atoms with E-state index in [1.54, 1.807) is 0 Å². The maximum absolute atomic E-state index is 4.39. The molecule has 130 valence electrons. The molecule has 0 spiro atoms. The fourth-order valence-corrected chi connectivity index (χ4v) is 3.17. The highest BCUT2D eigenvalue weighted by molar-refractivity contribution is 5.85. The van der Waals surface area contributed by atoms with E-state index in [0.29, 0.717) is 0 Å². The van der Waals surface area contributed by atoms with Crippen molar-refractivity contribution in [2.24, 2.45) is 0 Å². The summed E-state index contributed by atoms with van der Waals surface area (Å²) in [5, 5.41) is 0. The largest absolute Gasteiger partial charge is 0.363 e. The second-order valence-electron chi connectivity index (χ2n) is 6.52. The summed E-state index contributed by atoms with van der Waals surface area (Å²) in [6.07, 6.45) is 1.96. The summed E-state index contributed by atoms with van der Waals surface area (Å²) in [5.74, 6) is 0. The van der Waals surface area contributed by atoms with Gasteiger partial charge in [0.05, 0.1) is 0 Å². The predicted molar refractivity (Wildman–Crippen MR) is 113 cm³/mol. The van der Waals surface area contributed by atoms with Crippen molar-refractivity contribution in [1.82, 2.24) is 0 Å². The molecule has 0 N–H and O–H groups in total. The summed E-state index contributed by atoms with van der Waals surface area (Å²) in [7, 11) is 0. The van der Waals surface area contributed by atoms with Crippen LogP contribution in [0.25, 0.3) is 5.57 Å². The van der Waals surface area contributed by atoms with Crippen molar-refractivity contribution in [2.75, 3.05) is 11.4 Å². The molecule has 0 unspecified atom stereocenters. The Hall–Kier alpha value is -3.06. The molecule has 3 aromatic rings. The van der Waals surface area contributed by atoms with Gasteiger partial charge >= 0.3 is 0 Å². The predicted octanol–water partition coefficient (Wildman–Crippen LogP) is 6.25. The molecule has 0 saturated heterocycles. The van der Waals surface area contributed by atoms with Gasteiger partial charge in [0.2, 0.25) is 0 Å². The van der Waals surface area contributed by atoms with Gasteiger partial charge in [-0.15, -0.1) is 6.58 Å². The van der Waals surface area contributed by atoms with Crippen molar-refractivity contribution < 1.29 is 0 Å². The van der Waals surface area contributed by atoms with Crippen LogP contribution in [0.5, 0.6) is 0 Å². The Morgan fingerprint density at radius 2 is 1.58 bits per heavy atom. The number of rotatable bonds is 7. The van der Waals surface area contributed by atoms with Crippen molar-refractivity contribution >= 4 is 11.3 Å². The highest BCUT2D eigenvalue weighted by Crippen LogP contribution is 2.32. The fraction of sp³-hybridized carbons (Fsp3) is 0.120. The molecular weight excluding hydrogens is 314 g/mol. The first kappa shape index (κ1) is 17.8. The van der Waals surface area contributed by atoms with Crippen LogP contribution in [0.2, 0.25) is 0 Å². The third kappa shape index (κ3) is 4.12. The minimum absolute atomic E-state index is 0.785. The molecule has 3 rings (SSSR count). The summed E-state index contributed by atoms with van der Waals surface area (Å²) in [4.78, 5) is 2.35. The monoisotopic (exact) mass is 339 g/mol. The van der Waals surface area contributed by atoms with E-state index in [9.17, 15) is 0 Å². The van der Waals surface area contributed by atoms with Gasteiger partial charge in [-0.2, -0.15) is 0 Å². The molecule has 0 radical (unpaired) electrons. The normalized spacial score (nSPS) is 10.3. The molecule has 0 bridgehead atoms. The van der Waals surface area contributed by atoms with E-state index in [-0.39, 0.29) is 0 Å². The van der Waals surface area contributed by atoms with E-state index in [0.717, 1.165) is 24.2 Å². The Labute approximate surface area is 156 Å². The maximum Gasteiger partial charge on any atom is 0.0451 e. The van der Waals surface area contributed by atoms with Crippen LogP contribution in [-0.4, -0.2) is 6.54 Å². The van der Waals surface area contributed by atoms with Gasteiger partial charge in [0.15, 0.2) is 0 Å². The minimum atomic E-state index is 0.785.